The maximum atomic E-state index is 13.0. The zero-order chi connectivity index (χ0) is 22.5. The molecule has 32 heavy (non-hydrogen) atoms. The van der Waals surface area contributed by atoms with Gasteiger partial charge in [0.1, 0.15) is 4.70 Å². The molecule has 0 saturated heterocycles. The minimum absolute atomic E-state index is 0.0383. The zero-order valence-corrected chi connectivity index (χ0v) is 19.5. The van der Waals surface area contributed by atoms with Gasteiger partial charge >= 0.3 is 5.97 Å². The number of amides is 1. The number of fused-ring (bicyclic) bond motifs is 1. The van der Waals surface area contributed by atoms with E-state index in [-0.39, 0.29) is 22.8 Å². The number of benzene rings is 1. The van der Waals surface area contributed by atoms with E-state index in [9.17, 15) is 14.4 Å². The number of para-hydroxylation sites is 1. The van der Waals surface area contributed by atoms with Crippen molar-refractivity contribution in [3.8, 4) is 0 Å². The Labute approximate surface area is 196 Å². The second-order valence-corrected chi connectivity index (χ2v) is 9.58. The molecule has 4 aromatic rings. The highest BCUT2D eigenvalue weighted by Gasteiger charge is 2.16. The van der Waals surface area contributed by atoms with Crippen molar-refractivity contribution in [2.24, 2.45) is 0 Å². The molecule has 0 aliphatic rings. The summed E-state index contributed by atoms with van der Waals surface area (Å²) >= 11 is 4.21. The predicted molar refractivity (Wildman–Crippen MR) is 129 cm³/mol. The number of thioether (sulfide) groups is 1. The molecule has 3 heterocycles. The average Bonchev–Trinajstić information content (AvgIpc) is 3.49. The van der Waals surface area contributed by atoms with Crippen LogP contribution in [0, 0.1) is 0 Å². The van der Waals surface area contributed by atoms with Crippen molar-refractivity contribution in [3.63, 3.8) is 0 Å². The van der Waals surface area contributed by atoms with Crippen LogP contribution in [0.5, 0.6) is 0 Å². The Morgan fingerprint density at radius 2 is 1.97 bits per heavy atom. The monoisotopic (exact) mass is 485 g/mol. The van der Waals surface area contributed by atoms with Gasteiger partial charge in [-0.3, -0.25) is 14.2 Å². The fourth-order valence-electron chi connectivity index (χ4n) is 3.10. The maximum absolute atomic E-state index is 13.0. The molecule has 1 amide bonds. The summed E-state index contributed by atoms with van der Waals surface area (Å²) in [6.07, 6.45) is 0.711. The Kier molecular flexibility index (Phi) is 7.03. The molecule has 7 nitrogen and oxygen atoms in total. The third-order valence-electron chi connectivity index (χ3n) is 4.63. The molecule has 164 valence electrons. The summed E-state index contributed by atoms with van der Waals surface area (Å²) in [5.41, 5.74) is 1.19. The highest BCUT2D eigenvalue weighted by Crippen LogP contribution is 2.23. The normalized spacial score (nSPS) is 10.9. The van der Waals surface area contributed by atoms with E-state index in [4.69, 9.17) is 4.74 Å². The van der Waals surface area contributed by atoms with Gasteiger partial charge in [-0.1, -0.05) is 30.0 Å². The van der Waals surface area contributed by atoms with E-state index in [0.29, 0.717) is 34.0 Å². The van der Waals surface area contributed by atoms with Crippen LogP contribution in [0.4, 0.5) is 5.69 Å². The van der Waals surface area contributed by atoms with Crippen LogP contribution in [0.1, 0.15) is 15.2 Å². The SMILES string of the molecule is COC(=O)c1ccccc1NC(=O)CSc1nc2ccsc2c(=O)n1CCc1cccs1. The summed E-state index contributed by atoms with van der Waals surface area (Å²) in [4.78, 5) is 43.4. The van der Waals surface area contributed by atoms with Crippen molar-refractivity contribution in [1.29, 1.82) is 0 Å². The third kappa shape index (κ3) is 4.93. The van der Waals surface area contributed by atoms with Gasteiger partial charge in [0.2, 0.25) is 5.91 Å². The van der Waals surface area contributed by atoms with E-state index >= 15 is 0 Å². The van der Waals surface area contributed by atoms with Gasteiger partial charge in [0.25, 0.3) is 5.56 Å². The van der Waals surface area contributed by atoms with Crippen molar-refractivity contribution >= 4 is 62.2 Å². The number of nitrogens with zero attached hydrogens (tertiary/aromatic N) is 2. The molecule has 10 heteroatoms. The molecule has 1 N–H and O–H groups in total. The number of anilines is 1. The lowest BCUT2D eigenvalue weighted by Crippen LogP contribution is -2.24. The standard InChI is InChI=1S/C22H19N3O4S3/c1-29-21(28)15-6-2-3-7-16(15)23-18(26)13-32-22-24-17-9-12-31-19(17)20(27)25(22)10-8-14-5-4-11-30-14/h2-7,9,11-12H,8,10,13H2,1H3,(H,23,26). The Morgan fingerprint density at radius 3 is 2.75 bits per heavy atom. The molecule has 0 aliphatic heterocycles. The van der Waals surface area contributed by atoms with E-state index in [1.54, 1.807) is 40.2 Å². The number of hydrogen-bond acceptors (Lipinski definition) is 8. The molecule has 0 bridgehead atoms. The topological polar surface area (TPSA) is 90.3 Å². The summed E-state index contributed by atoms with van der Waals surface area (Å²) in [7, 11) is 1.29. The largest absolute Gasteiger partial charge is 0.465 e. The molecule has 3 aromatic heterocycles. The quantitative estimate of drug-likeness (QED) is 0.228. The highest BCUT2D eigenvalue weighted by molar-refractivity contribution is 7.99. The molecule has 0 fully saturated rings. The van der Waals surface area contributed by atoms with Crippen molar-refractivity contribution in [2.45, 2.75) is 18.1 Å². The number of rotatable bonds is 8. The van der Waals surface area contributed by atoms with Crippen molar-refractivity contribution in [1.82, 2.24) is 9.55 Å². The smallest absolute Gasteiger partial charge is 0.339 e. The summed E-state index contributed by atoms with van der Waals surface area (Å²) < 4.78 is 7.01. The number of aromatic nitrogens is 2. The molecule has 0 unspecified atom stereocenters. The minimum atomic E-state index is -0.527. The minimum Gasteiger partial charge on any atom is -0.465 e. The number of thiophene rings is 2. The zero-order valence-electron chi connectivity index (χ0n) is 17.1. The Bertz CT molecular complexity index is 1310. The number of methoxy groups -OCH3 is 1. The first-order chi connectivity index (χ1) is 15.6. The lowest BCUT2D eigenvalue weighted by Gasteiger charge is -2.12. The number of aryl methyl sites for hydroxylation is 1. The van der Waals surface area contributed by atoms with Gasteiger partial charge < -0.3 is 10.1 Å². The van der Waals surface area contributed by atoms with Crippen LogP contribution in [0.25, 0.3) is 10.2 Å². The Morgan fingerprint density at radius 1 is 1.12 bits per heavy atom. The van der Waals surface area contributed by atoms with Gasteiger partial charge in [-0.15, -0.1) is 22.7 Å². The lowest BCUT2D eigenvalue weighted by atomic mass is 10.2. The molecule has 0 spiro atoms. The second-order valence-electron chi connectivity index (χ2n) is 6.69. The van der Waals surface area contributed by atoms with Crippen LogP contribution in [-0.2, 0) is 22.5 Å². The number of carbonyl (C=O) groups is 2. The molecular weight excluding hydrogens is 466 g/mol. The molecule has 1 aromatic carbocycles. The summed E-state index contributed by atoms with van der Waals surface area (Å²) in [5.74, 6) is -0.798. The van der Waals surface area contributed by atoms with Crippen LogP contribution >= 0.6 is 34.4 Å². The van der Waals surface area contributed by atoms with E-state index in [1.807, 2.05) is 29.0 Å². The molecule has 0 radical (unpaired) electrons. The first kappa shape index (κ1) is 22.3. The van der Waals surface area contributed by atoms with Crippen LogP contribution in [0.2, 0.25) is 0 Å². The molecule has 0 atom stereocenters. The van der Waals surface area contributed by atoms with E-state index < -0.39 is 5.97 Å². The molecule has 0 saturated carbocycles. The van der Waals surface area contributed by atoms with E-state index in [1.165, 1.54) is 35.1 Å². The fraction of sp³-hybridized carbons (Fsp3) is 0.182. The van der Waals surface area contributed by atoms with E-state index in [2.05, 4.69) is 10.3 Å². The highest BCUT2D eigenvalue weighted by atomic mass is 32.2. The summed E-state index contributed by atoms with van der Waals surface area (Å²) in [6, 6.07) is 12.5. The number of hydrogen-bond donors (Lipinski definition) is 1. The van der Waals surface area contributed by atoms with Crippen molar-refractivity contribution in [2.75, 3.05) is 18.2 Å². The molecular formula is C22H19N3O4S3. The number of esters is 1. The predicted octanol–water partition coefficient (Wildman–Crippen LogP) is 4.28. The molecule has 0 aliphatic carbocycles. The van der Waals surface area contributed by atoms with Crippen molar-refractivity contribution < 1.29 is 14.3 Å². The average molecular weight is 486 g/mol. The van der Waals surface area contributed by atoms with E-state index in [0.717, 1.165) is 0 Å². The van der Waals surface area contributed by atoms with Gasteiger partial charge in [0.15, 0.2) is 5.16 Å². The maximum Gasteiger partial charge on any atom is 0.339 e. The lowest BCUT2D eigenvalue weighted by molar-refractivity contribution is -0.113. The summed E-state index contributed by atoms with van der Waals surface area (Å²) in [6.45, 7) is 0.481. The van der Waals surface area contributed by atoms with Crippen molar-refractivity contribution in [3.05, 3.63) is 74.0 Å². The number of ether oxygens (including phenoxy) is 1. The Hall–Kier alpha value is -2.95. The molecule has 4 rings (SSSR count). The first-order valence-electron chi connectivity index (χ1n) is 9.67. The van der Waals surface area contributed by atoms with Crippen LogP contribution in [-0.4, -0.2) is 34.3 Å². The summed E-state index contributed by atoms with van der Waals surface area (Å²) in [5, 5.41) is 7.08. The van der Waals surface area contributed by atoms with Crippen LogP contribution in [0.3, 0.4) is 0 Å². The van der Waals surface area contributed by atoms with Crippen LogP contribution in [0.15, 0.2) is 63.2 Å². The second kappa shape index (κ2) is 10.1. The van der Waals surface area contributed by atoms with Gasteiger partial charge in [-0.05, 0) is 41.4 Å². The van der Waals surface area contributed by atoms with Gasteiger partial charge in [0.05, 0.1) is 29.6 Å². The third-order valence-corrected chi connectivity index (χ3v) is 7.44. The fourth-order valence-corrected chi connectivity index (χ4v) is 5.41. The van der Waals surface area contributed by atoms with Crippen LogP contribution < -0.4 is 10.9 Å². The van der Waals surface area contributed by atoms with Gasteiger partial charge in [-0.2, -0.15) is 0 Å². The number of nitrogens with one attached hydrogen (secondary N) is 1. The first-order valence-corrected chi connectivity index (χ1v) is 12.4. The van der Waals surface area contributed by atoms with Gasteiger partial charge in [0, 0.05) is 11.4 Å². The number of carbonyl (C=O) groups excluding carboxylic acids is 2. The Balaban J connectivity index is 1.52. The van der Waals surface area contributed by atoms with Gasteiger partial charge in [-0.25, -0.2) is 9.78 Å².